The fourth-order valence-corrected chi connectivity index (χ4v) is 3.00. The van der Waals surface area contributed by atoms with E-state index < -0.39 is 0 Å². The molecular formula is C15H20N2O3. The van der Waals surface area contributed by atoms with Gasteiger partial charge in [0, 0.05) is 13.2 Å². The average molecular weight is 276 g/mol. The summed E-state index contributed by atoms with van der Waals surface area (Å²) >= 11 is 0. The molecular weight excluding hydrogens is 256 g/mol. The summed E-state index contributed by atoms with van der Waals surface area (Å²) in [7, 11) is 0. The van der Waals surface area contributed by atoms with Crippen molar-refractivity contribution < 1.29 is 14.6 Å². The molecule has 2 N–H and O–H groups in total. The third kappa shape index (κ3) is 2.51. The number of benzene rings is 1. The minimum absolute atomic E-state index is 0.0500. The summed E-state index contributed by atoms with van der Waals surface area (Å²) in [4.78, 5) is 14.1. The van der Waals surface area contributed by atoms with Crippen molar-refractivity contribution in [2.24, 2.45) is 0 Å². The summed E-state index contributed by atoms with van der Waals surface area (Å²) < 4.78 is 5.27. The zero-order valence-corrected chi connectivity index (χ0v) is 11.4. The molecule has 108 valence electrons. The molecule has 2 heterocycles. The number of ether oxygens (including phenoxy) is 1. The Morgan fingerprint density at radius 2 is 2.30 bits per heavy atom. The maximum absolute atomic E-state index is 12.4. The lowest BCUT2D eigenvalue weighted by Crippen LogP contribution is -2.49. The number of amides is 2. The van der Waals surface area contributed by atoms with Crippen molar-refractivity contribution in [1.29, 1.82) is 0 Å². The van der Waals surface area contributed by atoms with Crippen LogP contribution in [0, 0.1) is 0 Å². The summed E-state index contributed by atoms with van der Waals surface area (Å²) in [6.07, 6.45) is 1.70. The average Bonchev–Trinajstić information content (AvgIpc) is 2.98. The Morgan fingerprint density at radius 3 is 3.05 bits per heavy atom. The summed E-state index contributed by atoms with van der Waals surface area (Å²) in [6.45, 7) is 1.88. The molecule has 5 heteroatoms. The van der Waals surface area contributed by atoms with E-state index in [0.717, 1.165) is 18.4 Å². The van der Waals surface area contributed by atoms with Crippen molar-refractivity contribution in [3.8, 4) is 0 Å². The minimum Gasteiger partial charge on any atom is -0.394 e. The lowest BCUT2D eigenvalue weighted by Gasteiger charge is -2.36. The molecule has 0 aromatic heterocycles. The summed E-state index contributed by atoms with van der Waals surface area (Å²) in [5.74, 6) is 0. The van der Waals surface area contributed by atoms with Crippen LogP contribution in [0.1, 0.15) is 23.6 Å². The van der Waals surface area contributed by atoms with Crippen LogP contribution in [0.4, 0.5) is 4.79 Å². The van der Waals surface area contributed by atoms with E-state index >= 15 is 0 Å². The minimum atomic E-state index is -0.248. The second-order valence-corrected chi connectivity index (χ2v) is 5.35. The molecule has 0 aliphatic carbocycles. The zero-order valence-electron chi connectivity index (χ0n) is 11.4. The molecule has 20 heavy (non-hydrogen) atoms. The molecule has 5 nitrogen and oxygen atoms in total. The van der Waals surface area contributed by atoms with Gasteiger partial charge in [0.1, 0.15) is 0 Å². The highest BCUT2D eigenvalue weighted by atomic mass is 16.5. The van der Waals surface area contributed by atoms with Gasteiger partial charge in [-0.2, -0.15) is 0 Å². The number of carbonyl (C=O) groups excluding carboxylic acids is 1. The molecule has 2 aliphatic rings. The van der Waals surface area contributed by atoms with E-state index in [1.807, 2.05) is 18.2 Å². The molecule has 1 aromatic rings. The first kappa shape index (κ1) is 13.4. The highest BCUT2D eigenvalue weighted by molar-refractivity contribution is 5.75. The number of aliphatic hydroxyl groups excluding tert-OH is 1. The Hall–Kier alpha value is -1.59. The van der Waals surface area contributed by atoms with Crippen LogP contribution in [0.25, 0.3) is 0 Å². The molecule has 0 saturated carbocycles. The lowest BCUT2D eigenvalue weighted by atomic mass is 9.93. The smallest absolute Gasteiger partial charge is 0.318 e. The van der Waals surface area contributed by atoms with Crippen molar-refractivity contribution in [2.45, 2.75) is 24.9 Å². The largest absolute Gasteiger partial charge is 0.394 e. The number of aliphatic hydroxyl groups is 1. The fourth-order valence-electron chi connectivity index (χ4n) is 3.00. The van der Waals surface area contributed by atoms with Crippen LogP contribution in [-0.2, 0) is 11.2 Å². The third-order valence-electron chi connectivity index (χ3n) is 4.10. The van der Waals surface area contributed by atoms with Crippen LogP contribution in [0.15, 0.2) is 24.3 Å². The number of urea groups is 1. The Kier molecular flexibility index (Phi) is 3.89. The number of hydrogen-bond acceptors (Lipinski definition) is 3. The number of fused-ring (bicyclic) bond motifs is 1. The van der Waals surface area contributed by atoms with Crippen molar-refractivity contribution in [1.82, 2.24) is 10.2 Å². The van der Waals surface area contributed by atoms with Gasteiger partial charge in [-0.25, -0.2) is 4.79 Å². The molecule has 2 unspecified atom stereocenters. The molecule has 2 atom stereocenters. The van der Waals surface area contributed by atoms with E-state index in [1.165, 1.54) is 5.56 Å². The molecule has 2 amide bonds. The lowest BCUT2D eigenvalue weighted by molar-refractivity contribution is 0.123. The van der Waals surface area contributed by atoms with Gasteiger partial charge in [0.2, 0.25) is 0 Å². The first-order chi connectivity index (χ1) is 9.79. The molecule has 0 bridgehead atoms. The van der Waals surface area contributed by atoms with Gasteiger partial charge in [0.05, 0.1) is 25.3 Å². The van der Waals surface area contributed by atoms with Gasteiger partial charge in [-0.15, -0.1) is 0 Å². The van der Waals surface area contributed by atoms with Crippen LogP contribution in [0.5, 0.6) is 0 Å². The van der Waals surface area contributed by atoms with E-state index in [0.29, 0.717) is 19.8 Å². The molecule has 1 fully saturated rings. The second kappa shape index (κ2) is 5.81. The van der Waals surface area contributed by atoms with E-state index in [2.05, 4.69) is 11.4 Å². The SMILES string of the molecule is O=C(NC1CCOC1)N1CCc2ccccc2C1CO. The normalized spacial score (nSPS) is 25.4. The highest BCUT2D eigenvalue weighted by Gasteiger charge is 2.31. The number of rotatable bonds is 2. The van der Waals surface area contributed by atoms with Gasteiger partial charge in [0.25, 0.3) is 0 Å². The van der Waals surface area contributed by atoms with Gasteiger partial charge >= 0.3 is 6.03 Å². The van der Waals surface area contributed by atoms with Crippen LogP contribution in [0.2, 0.25) is 0 Å². The van der Waals surface area contributed by atoms with Crippen LogP contribution in [0.3, 0.4) is 0 Å². The Bertz CT molecular complexity index is 486. The maximum atomic E-state index is 12.4. The van der Waals surface area contributed by atoms with Crippen LogP contribution in [-0.4, -0.2) is 48.4 Å². The van der Waals surface area contributed by atoms with E-state index in [-0.39, 0.29) is 24.7 Å². The van der Waals surface area contributed by atoms with Gasteiger partial charge in [-0.3, -0.25) is 0 Å². The van der Waals surface area contributed by atoms with E-state index in [1.54, 1.807) is 4.90 Å². The fraction of sp³-hybridized carbons (Fsp3) is 0.533. The summed E-state index contributed by atoms with van der Waals surface area (Å²) in [5.41, 5.74) is 2.28. The highest BCUT2D eigenvalue weighted by Crippen LogP contribution is 2.29. The summed E-state index contributed by atoms with van der Waals surface area (Å²) in [5, 5.41) is 12.7. The quantitative estimate of drug-likeness (QED) is 0.849. The number of carbonyl (C=O) groups is 1. The molecule has 0 radical (unpaired) electrons. The van der Waals surface area contributed by atoms with Crippen molar-refractivity contribution >= 4 is 6.03 Å². The standard InChI is InChI=1S/C15H20N2O3/c18-9-14-13-4-2-1-3-11(13)5-7-17(14)15(19)16-12-6-8-20-10-12/h1-4,12,14,18H,5-10H2,(H,16,19). The van der Waals surface area contributed by atoms with Crippen LogP contribution >= 0.6 is 0 Å². The van der Waals surface area contributed by atoms with Gasteiger partial charge in [0.15, 0.2) is 0 Å². The maximum Gasteiger partial charge on any atom is 0.318 e. The van der Waals surface area contributed by atoms with Gasteiger partial charge in [-0.1, -0.05) is 24.3 Å². The zero-order chi connectivity index (χ0) is 13.9. The summed E-state index contributed by atoms with van der Waals surface area (Å²) in [6, 6.07) is 7.76. The van der Waals surface area contributed by atoms with Crippen molar-refractivity contribution in [3.05, 3.63) is 35.4 Å². The van der Waals surface area contributed by atoms with Gasteiger partial charge in [-0.05, 0) is 24.0 Å². The van der Waals surface area contributed by atoms with Crippen molar-refractivity contribution in [3.63, 3.8) is 0 Å². The van der Waals surface area contributed by atoms with Gasteiger partial charge < -0.3 is 20.1 Å². The van der Waals surface area contributed by atoms with Crippen LogP contribution < -0.4 is 5.32 Å². The van der Waals surface area contributed by atoms with E-state index in [9.17, 15) is 9.90 Å². The number of nitrogens with zero attached hydrogens (tertiary/aromatic N) is 1. The molecule has 3 rings (SSSR count). The Labute approximate surface area is 118 Å². The first-order valence-electron chi connectivity index (χ1n) is 7.13. The molecule has 1 saturated heterocycles. The Balaban J connectivity index is 1.75. The van der Waals surface area contributed by atoms with Crippen molar-refractivity contribution in [2.75, 3.05) is 26.4 Å². The molecule has 2 aliphatic heterocycles. The number of hydrogen-bond donors (Lipinski definition) is 2. The predicted molar refractivity (Wildman–Crippen MR) is 74.4 cm³/mol. The molecule has 1 aromatic carbocycles. The first-order valence-corrected chi connectivity index (χ1v) is 7.13. The predicted octanol–water partition coefficient (Wildman–Crippen LogP) is 1.08. The third-order valence-corrected chi connectivity index (χ3v) is 4.10. The second-order valence-electron chi connectivity index (χ2n) is 5.35. The number of nitrogens with one attached hydrogen (secondary N) is 1. The van der Waals surface area contributed by atoms with E-state index in [4.69, 9.17) is 4.74 Å². The molecule has 0 spiro atoms. The topological polar surface area (TPSA) is 61.8 Å². The monoisotopic (exact) mass is 276 g/mol. The Morgan fingerprint density at radius 1 is 1.45 bits per heavy atom.